The first-order valence-corrected chi connectivity index (χ1v) is 12.2. The lowest BCUT2D eigenvalue weighted by Gasteiger charge is -2.12. The number of carboxylic acids is 1. The largest absolute Gasteiger partial charge is 0.549 e. The highest BCUT2D eigenvalue weighted by atomic mass is 79.9. The first kappa shape index (κ1) is 19.2. The van der Waals surface area contributed by atoms with Crippen molar-refractivity contribution in [3.8, 4) is 0 Å². The molecule has 1 aromatic carbocycles. The number of hydrogen-bond donors (Lipinski definition) is 0. The molecule has 0 amide bonds. The van der Waals surface area contributed by atoms with Crippen LogP contribution in [0, 0.1) is 0 Å². The van der Waals surface area contributed by atoms with Gasteiger partial charge in [0.1, 0.15) is 15.7 Å². The van der Waals surface area contributed by atoms with Gasteiger partial charge in [-0.15, -0.1) is 23.1 Å². The Labute approximate surface area is 178 Å². The Morgan fingerprint density at radius 2 is 1.93 bits per heavy atom. The highest BCUT2D eigenvalue weighted by molar-refractivity contribution is 9.10. The van der Waals surface area contributed by atoms with Crippen LogP contribution in [0.3, 0.4) is 0 Å². The lowest BCUT2D eigenvalue weighted by atomic mass is 9.97. The molecule has 0 saturated carbocycles. The molecule has 3 aromatic rings. The van der Waals surface area contributed by atoms with E-state index in [0.717, 1.165) is 43.3 Å². The van der Waals surface area contributed by atoms with Crippen LogP contribution in [-0.4, -0.2) is 21.7 Å². The van der Waals surface area contributed by atoms with Gasteiger partial charge in [-0.2, -0.15) is 0 Å². The number of carbonyl (C=O) groups excluding carboxylic acids is 1. The van der Waals surface area contributed by atoms with Crippen molar-refractivity contribution in [2.24, 2.45) is 0 Å². The van der Waals surface area contributed by atoms with E-state index < -0.39 is 5.97 Å². The zero-order chi connectivity index (χ0) is 18.8. The van der Waals surface area contributed by atoms with Gasteiger partial charge in [0, 0.05) is 25.4 Å². The van der Waals surface area contributed by atoms with Crippen LogP contribution in [0.15, 0.2) is 38.7 Å². The Bertz CT molecular complexity index is 989. The van der Waals surface area contributed by atoms with E-state index in [0.29, 0.717) is 5.75 Å². The molecular weight excluding hydrogens is 464 g/mol. The fourth-order valence-corrected chi connectivity index (χ4v) is 6.29. The highest BCUT2D eigenvalue weighted by Gasteiger charge is 2.21. The SMILES string of the molecule is O=C([O-])CSc1nc(CSc2ccc(Br)cc2)nc2sc3c(c12)CCCC3. The van der Waals surface area contributed by atoms with Gasteiger partial charge in [-0.3, -0.25) is 0 Å². The van der Waals surface area contributed by atoms with E-state index in [2.05, 4.69) is 28.1 Å². The molecule has 0 radical (unpaired) electrons. The van der Waals surface area contributed by atoms with E-state index in [1.54, 1.807) is 23.1 Å². The molecule has 0 unspecified atom stereocenters. The molecule has 0 atom stereocenters. The molecule has 0 N–H and O–H groups in total. The van der Waals surface area contributed by atoms with Crippen molar-refractivity contribution >= 4 is 67.0 Å². The monoisotopic (exact) mass is 479 g/mol. The molecule has 2 aromatic heterocycles. The predicted octanol–water partition coefficient (Wildman–Crippen LogP) is 4.47. The third kappa shape index (κ3) is 4.50. The zero-order valence-corrected chi connectivity index (χ0v) is 18.4. The Hall–Kier alpha value is -1.09. The summed E-state index contributed by atoms with van der Waals surface area (Å²) in [7, 11) is 0. The van der Waals surface area contributed by atoms with Gasteiger partial charge in [-0.1, -0.05) is 27.7 Å². The van der Waals surface area contributed by atoms with Gasteiger partial charge in [0.25, 0.3) is 0 Å². The number of aryl methyl sites for hydroxylation is 2. The molecule has 27 heavy (non-hydrogen) atoms. The maximum atomic E-state index is 11.0. The summed E-state index contributed by atoms with van der Waals surface area (Å²) >= 11 is 8.12. The van der Waals surface area contributed by atoms with Crippen molar-refractivity contribution in [1.29, 1.82) is 0 Å². The van der Waals surface area contributed by atoms with E-state index >= 15 is 0 Å². The molecule has 4 rings (SSSR count). The van der Waals surface area contributed by atoms with Crippen molar-refractivity contribution in [3.05, 3.63) is 45.0 Å². The third-order valence-electron chi connectivity index (χ3n) is 4.34. The van der Waals surface area contributed by atoms with Gasteiger partial charge in [0.2, 0.25) is 0 Å². The number of fused-ring (bicyclic) bond motifs is 3. The van der Waals surface area contributed by atoms with E-state index in [4.69, 9.17) is 9.97 Å². The number of thiophene rings is 1. The maximum absolute atomic E-state index is 11.0. The summed E-state index contributed by atoms with van der Waals surface area (Å²) in [4.78, 5) is 24.0. The number of halogens is 1. The Morgan fingerprint density at radius 3 is 2.70 bits per heavy atom. The van der Waals surface area contributed by atoms with Crippen LogP contribution >= 0.6 is 50.8 Å². The average Bonchev–Trinajstić information content (AvgIpc) is 3.04. The van der Waals surface area contributed by atoms with Crippen LogP contribution in [0.5, 0.6) is 0 Å². The summed E-state index contributed by atoms with van der Waals surface area (Å²) in [5, 5.41) is 12.8. The van der Waals surface area contributed by atoms with Gasteiger partial charge >= 0.3 is 0 Å². The molecule has 4 nitrogen and oxygen atoms in total. The van der Waals surface area contributed by atoms with Crippen molar-refractivity contribution < 1.29 is 9.90 Å². The normalized spacial score (nSPS) is 13.7. The van der Waals surface area contributed by atoms with Gasteiger partial charge in [-0.25, -0.2) is 9.97 Å². The lowest BCUT2D eigenvalue weighted by molar-refractivity contribution is -0.301. The Kier molecular flexibility index (Phi) is 6.06. The van der Waals surface area contributed by atoms with Crippen molar-refractivity contribution in [2.45, 2.75) is 41.4 Å². The van der Waals surface area contributed by atoms with E-state index in [1.807, 2.05) is 12.1 Å². The molecule has 0 saturated heterocycles. The van der Waals surface area contributed by atoms with Gasteiger partial charge in [0.05, 0.1) is 11.7 Å². The van der Waals surface area contributed by atoms with E-state index in [9.17, 15) is 9.90 Å². The van der Waals surface area contributed by atoms with Crippen LogP contribution < -0.4 is 5.11 Å². The molecule has 2 heterocycles. The average molecular weight is 480 g/mol. The first-order valence-electron chi connectivity index (χ1n) is 8.62. The molecule has 140 valence electrons. The van der Waals surface area contributed by atoms with Crippen LogP contribution in [0.25, 0.3) is 10.2 Å². The second-order valence-electron chi connectivity index (χ2n) is 6.24. The van der Waals surface area contributed by atoms with Crippen LogP contribution in [0.2, 0.25) is 0 Å². The zero-order valence-electron chi connectivity index (χ0n) is 14.4. The number of benzene rings is 1. The number of aliphatic carboxylic acids is 1. The first-order chi connectivity index (χ1) is 13.1. The summed E-state index contributed by atoms with van der Waals surface area (Å²) in [6.45, 7) is 0. The number of nitrogens with zero attached hydrogens (tertiary/aromatic N) is 2. The molecule has 0 aliphatic heterocycles. The Balaban J connectivity index is 1.66. The smallest absolute Gasteiger partial charge is 0.141 e. The fourth-order valence-electron chi connectivity index (χ4n) is 3.14. The van der Waals surface area contributed by atoms with Crippen LogP contribution in [0.1, 0.15) is 29.1 Å². The van der Waals surface area contributed by atoms with Crippen molar-refractivity contribution in [3.63, 3.8) is 0 Å². The topological polar surface area (TPSA) is 65.9 Å². The quantitative estimate of drug-likeness (QED) is 0.383. The van der Waals surface area contributed by atoms with Gasteiger partial charge in [0.15, 0.2) is 0 Å². The summed E-state index contributed by atoms with van der Waals surface area (Å²) in [5.74, 6) is 0.242. The minimum Gasteiger partial charge on any atom is -0.549 e. The molecule has 0 spiro atoms. The number of thioether (sulfide) groups is 2. The number of carbonyl (C=O) groups is 1. The second-order valence-corrected chi connectivity index (χ2v) is 10.3. The molecule has 0 bridgehead atoms. The molecule has 1 aliphatic carbocycles. The lowest BCUT2D eigenvalue weighted by Crippen LogP contribution is -2.24. The van der Waals surface area contributed by atoms with Crippen molar-refractivity contribution in [1.82, 2.24) is 9.97 Å². The second kappa shape index (κ2) is 8.51. The van der Waals surface area contributed by atoms with Gasteiger partial charge < -0.3 is 9.90 Å². The summed E-state index contributed by atoms with van der Waals surface area (Å²) < 4.78 is 1.05. The molecule has 0 fully saturated rings. The Morgan fingerprint density at radius 1 is 1.15 bits per heavy atom. The number of rotatable bonds is 6. The molecule has 8 heteroatoms. The van der Waals surface area contributed by atoms with Crippen LogP contribution in [-0.2, 0) is 23.4 Å². The third-order valence-corrected chi connectivity index (χ3v) is 8.01. The number of carboxylic acid groups (broad SMARTS) is 1. The maximum Gasteiger partial charge on any atom is 0.141 e. The fraction of sp³-hybridized carbons (Fsp3) is 0.316. The number of aromatic nitrogens is 2. The van der Waals surface area contributed by atoms with E-state index in [-0.39, 0.29) is 5.75 Å². The predicted molar refractivity (Wildman–Crippen MR) is 113 cm³/mol. The molecule has 1 aliphatic rings. The standard InChI is InChI=1S/C19H17BrN2O2S3/c20-11-5-7-12(8-6-11)25-9-15-21-18(26-10-16(23)24)17-13-3-1-2-4-14(13)27-19(17)22-15/h5-8H,1-4,9-10H2,(H,23,24)/p-1. The van der Waals surface area contributed by atoms with E-state index in [1.165, 1.54) is 35.0 Å². The summed E-state index contributed by atoms with van der Waals surface area (Å²) in [6, 6.07) is 8.15. The van der Waals surface area contributed by atoms with Gasteiger partial charge in [-0.05, 0) is 55.5 Å². The highest BCUT2D eigenvalue weighted by Crippen LogP contribution is 2.40. The summed E-state index contributed by atoms with van der Waals surface area (Å²) in [6.07, 6.45) is 4.50. The van der Waals surface area contributed by atoms with Crippen molar-refractivity contribution in [2.75, 3.05) is 5.75 Å². The minimum absolute atomic E-state index is 0.0873. The van der Waals surface area contributed by atoms with Crippen LogP contribution in [0.4, 0.5) is 0 Å². The molecular formula is C19H16BrN2O2S3-. The minimum atomic E-state index is -1.07. The summed E-state index contributed by atoms with van der Waals surface area (Å²) in [5.41, 5.74) is 1.33. The number of hydrogen-bond acceptors (Lipinski definition) is 7.